The Labute approximate surface area is 87.5 Å². The Morgan fingerprint density at radius 3 is 2.93 bits per heavy atom. The van der Waals surface area contributed by atoms with E-state index in [0.29, 0.717) is 18.1 Å². The second-order valence-electron chi connectivity index (χ2n) is 3.22. The van der Waals surface area contributed by atoms with Crippen LogP contribution in [0.25, 0.3) is 0 Å². The second kappa shape index (κ2) is 3.76. The molecule has 0 amide bonds. The van der Waals surface area contributed by atoms with Crippen LogP contribution in [0.15, 0.2) is 24.5 Å². The Morgan fingerprint density at radius 2 is 2.33 bits per heavy atom. The molecule has 80 valence electrons. The topological polar surface area (TPSA) is 28.6 Å². The van der Waals surface area contributed by atoms with E-state index >= 15 is 0 Å². The average Bonchev–Trinajstić information content (AvgIpc) is 2.64. The summed E-state index contributed by atoms with van der Waals surface area (Å²) in [5, 5.41) is 3.73. The second-order valence-corrected chi connectivity index (χ2v) is 3.22. The number of anilines is 1. The smallest absolute Gasteiger partial charge is 0.239 e. The van der Waals surface area contributed by atoms with Gasteiger partial charge in [-0.25, -0.2) is 9.37 Å². The fourth-order valence-electron chi connectivity index (χ4n) is 1.54. The lowest BCUT2D eigenvalue weighted by molar-refractivity contribution is 0.382. The summed E-state index contributed by atoms with van der Waals surface area (Å²) < 4.78 is 18.2. The normalized spacial score (nSPS) is 14.9. The minimum Gasteiger partial charge on any atom is -0.479 e. The Hall–Kier alpha value is -1.78. The van der Waals surface area contributed by atoms with Gasteiger partial charge in [0.25, 0.3) is 0 Å². The Bertz CT molecular complexity index is 394. The highest BCUT2D eigenvalue weighted by atomic mass is 19.1. The molecule has 15 heavy (non-hydrogen) atoms. The SMILES string of the molecule is COc1ncc(F)cc1N1CC=CN1C. The molecule has 2 heterocycles. The minimum absolute atomic E-state index is 0.369. The summed E-state index contributed by atoms with van der Waals surface area (Å²) >= 11 is 0. The van der Waals surface area contributed by atoms with Crippen molar-refractivity contribution in [1.82, 2.24) is 9.99 Å². The van der Waals surface area contributed by atoms with Crippen molar-refractivity contribution in [1.29, 1.82) is 0 Å². The van der Waals surface area contributed by atoms with Crippen LogP contribution in [-0.2, 0) is 0 Å². The third-order valence-corrected chi connectivity index (χ3v) is 2.25. The molecule has 1 aromatic rings. The van der Waals surface area contributed by atoms with Gasteiger partial charge >= 0.3 is 0 Å². The van der Waals surface area contributed by atoms with Crippen molar-refractivity contribution in [3.63, 3.8) is 0 Å². The zero-order valence-electron chi connectivity index (χ0n) is 8.64. The molecular weight excluding hydrogens is 197 g/mol. The first kappa shape index (κ1) is 9.76. The standard InChI is InChI=1S/C10H12FN3O/c1-13-4-3-5-14(13)9-6-8(11)7-12-10(9)15-2/h3-4,6-7H,5H2,1-2H3. The molecule has 0 unspecified atom stereocenters. The summed E-state index contributed by atoms with van der Waals surface area (Å²) in [7, 11) is 3.40. The van der Waals surface area contributed by atoms with Crippen molar-refractivity contribution in [2.45, 2.75) is 0 Å². The number of hydrogen-bond acceptors (Lipinski definition) is 4. The van der Waals surface area contributed by atoms with Crippen LogP contribution in [0.2, 0.25) is 0 Å². The number of aromatic nitrogens is 1. The Kier molecular flexibility index (Phi) is 2.45. The number of pyridine rings is 1. The summed E-state index contributed by atoms with van der Waals surface area (Å²) in [5.74, 6) is 0.0538. The zero-order chi connectivity index (χ0) is 10.8. The van der Waals surface area contributed by atoms with E-state index in [4.69, 9.17) is 4.74 Å². The average molecular weight is 209 g/mol. The van der Waals surface area contributed by atoms with Crippen LogP contribution in [0.1, 0.15) is 0 Å². The van der Waals surface area contributed by atoms with Gasteiger partial charge in [0.2, 0.25) is 5.88 Å². The molecule has 0 aliphatic carbocycles. The number of halogens is 1. The third kappa shape index (κ3) is 1.72. The van der Waals surface area contributed by atoms with Gasteiger partial charge in [0, 0.05) is 19.3 Å². The van der Waals surface area contributed by atoms with Gasteiger partial charge in [0.05, 0.1) is 19.9 Å². The van der Waals surface area contributed by atoms with Crippen LogP contribution >= 0.6 is 0 Å². The number of hydrazine groups is 1. The van der Waals surface area contributed by atoms with Crippen LogP contribution in [0.5, 0.6) is 5.88 Å². The van der Waals surface area contributed by atoms with Crippen LogP contribution in [0.4, 0.5) is 10.1 Å². The molecule has 0 radical (unpaired) electrons. The van der Waals surface area contributed by atoms with E-state index in [1.807, 2.05) is 29.3 Å². The first-order valence-corrected chi connectivity index (χ1v) is 4.59. The number of ether oxygens (including phenoxy) is 1. The van der Waals surface area contributed by atoms with Gasteiger partial charge in [-0.3, -0.25) is 10.0 Å². The first-order valence-electron chi connectivity index (χ1n) is 4.59. The molecule has 4 nitrogen and oxygen atoms in total. The Morgan fingerprint density at radius 1 is 1.53 bits per heavy atom. The van der Waals surface area contributed by atoms with Crippen LogP contribution in [0.3, 0.4) is 0 Å². The maximum absolute atomic E-state index is 13.1. The molecule has 0 bridgehead atoms. The lowest BCUT2D eigenvalue weighted by Crippen LogP contribution is -2.32. The molecule has 5 heteroatoms. The third-order valence-electron chi connectivity index (χ3n) is 2.25. The van der Waals surface area contributed by atoms with Gasteiger partial charge in [0.15, 0.2) is 0 Å². The lowest BCUT2D eigenvalue weighted by Gasteiger charge is -2.27. The number of hydrogen-bond donors (Lipinski definition) is 0. The molecule has 0 fully saturated rings. The van der Waals surface area contributed by atoms with Crippen molar-refractivity contribution in [3.05, 3.63) is 30.4 Å². The molecule has 2 rings (SSSR count). The van der Waals surface area contributed by atoms with Gasteiger partial charge in [-0.1, -0.05) is 0 Å². The van der Waals surface area contributed by atoms with Gasteiger partial charge < -0.3 is 4.74 Å². The molecule has 1 aliphatic rings. The number of nitrogens with zero attached hydrogens (tertiary/aromatic N) is 3. The van der Waals surface area contributed by atoms with Gasteiger partial charge in [-0.2, -0.15) is 0 Å². The van der Waals surface area contributed by atoms with Gasteiger partial charge in [0.1, 0.15) is 11.5 Å². The van der Waals surface area contributed by atoms with E-state index < -0.39 is 0 Å². The first-order chi connectivity index (χ1) is 7.22. The van der Waals surface area contributed by atoms with E-state index in [9.17, 15) is 4.39 Å². The Balaban J connectivity index is 2.37. The quantitative estimate of drug-likeness (QED) is 0.736. The zero-order valence-corrected chi connectivity index (χ0v) is 8.64. The van der Waals surface area contributed by atoms with Crippen molar-refractivity contribution in [3.8, 4) is 5.88 Å². The molecule has 1 aromatic heterocycles. The highest BCUT2D eigenvalue weighted by Gasteiger charge is 2.18. The minimum atomic E-state index is -0.369. The monoisotopic (exact) mass is 209 g/mol. The van der Waals surface area contributed by atoms with E-state index in [2.05, 4.69) is 4.98 Å². The fourth-order valence-corrected chi connectivity index (χ4v) is 1.54. The highest BCUT2D eigenvalue weighted by Crippen LogP contribution is 2.28. The predicted molar refractivity (Wildman–Crippen MR) is 55.0 cm³/mol. The maximum atomic E-state index is 13.1. The molecular formula is C10H12FN3O. The summed E-state index contributed by atoms with van der Waals surface area (Å²) in [4.78, 5) is 3.88. The summed E-state index contributed by atoms with van der Waals surface area (Å²) in [6.07, 6.45) is 5.03. The van der Waals surface area contributed by atoms with Crippen molar-refractivity contribution >= 4 is 5.69 Å². The lowest BCUT2D eigenvalue weighted by atomic mass is 10.3. The summed E-state index contributed by atoms with van der Waals surface area (Å²) in [6, 6.07) is 1.41. The highest BCUT2D eigenvalue weighted by molar-refractivity contribution is 5.55. The molecule has 0 atom stereocenters. The van der Waals surface area contributed by atoms with Crippen LogP contribution < -0.4 is 9.75 Å². The molecule has 0 spiro atoms. The summed E-state index contributed by atoms with van der Waals surface area (Å²) in [5.41, 5.74) is 0.630. The molecule has 0 N–H and O–H groups in total. The molecule has 0 saturated carbocycles. The number of methoxy groups -OCH3 is 1. The van der Waals surface area contributed by atoms with Gasteiger partial charge in [-0.15, -0.1) is 0 Å². The summed E-state index contributed by atoms with van der Waals surface area (Å²) in [6.45, 7) is 0.692. The number of rotatable bonds is 2. The van der Waals surface area contributed by atoms with E-state index in [0.717, 1.165) is 6.20 Å². The maximum Gasteiger partial charge on any atom is 0.239 e. The van der Waals surface area contributed by atoms with E-state index in [1.54, 1.807) is 0 Å². The van der Waals surface area contributed by atoms with E-state index in [-0.39, 0.29) is 5.82 Å². The van der Waals surface area contributed by atoms with Crippen LogP contribution in [-0.4, -0.2) is 30.7 Å². The fraction of sp³-hybridized carbons (Fsp3) is 0.300. The van der Waals surface area contributed by atoms with Crippen molar-refractivity contribution < 1.29 is 9.13 Å². The van der Waals surface area contributed by atoms with Gasteiger partial charge in [-0.05, 0) is 6.08 Å². The largest absolute Gasteiger partial charge is 0.479 e. The molecule has 0 aromatic carbocycles. The van der Waals surface area contributed by atoms with E-state index in [1.165, 1.54) is 13.2 Å². The molecule has 0 saturated heterocycles. The molecule has 1 aliphatic heterocycles. The van der Waals surface area contributed by atoms with Crippen LogP contribution in [0, 0.1) is 5.82 Å². The van der Waals surface area contributed by atoms with Crippen molar-refractivity contribution in [2.24, 2.45) is 0 Å². The van der Waals surface area contributed by atoms with Crippen molar-refractivity contribution in [2.75, 3.05) is 25.7 Å². The predicted octanol–water partition coefficient (Wildman–Crippen LogP) is 1.41.